The minimum atomic E-state index is 0.402. The molecule has 2 heteroatoms. The molecular formula is C12H25NS. The average Bonchev–Trinajstić information content (AvgIpc) is 2.15. The predicted octanol–water partition coefficient (Wildman–Crippen LogP) is 2.83. The number of likely N-dealkylation sites (tertiary alicyclic amines) is 1. The Balaban J connectivity index is 2.19. The molecule has 0 radical (unpaired) electrons. The van der Waals surface area contributed by atoms with Crippen LogP contribution in [0.2, 0.25) is 0 Å². The molecular weight excluding hydrogens is 190 g/mol. The zero-order valence-corrected chi connectivity index (χ0v) is 10.8. The molecule has 1 saturated heterocycles. The molecule has 0 aliphatic carbocycles. The second kappa shape index (κ2) is 5.92. The van der Waals surface area contributed by atoms with E-state index in [9.17, 15) is 0 Å². The van der Waals surface area contributed by atoms with Gasteiger partial charge in [-0.3, -0.25) is 0 Å². The van der Waals surface area contributed by atoms with Crippen LogP contribution in [0.15, 0.2) is 0 Å². The first-order chi connectivity index (χ1) is 6.59. The minimum Gasteiger partial charge on any atom is -0.301 e. The number of rotatable bonds is 4. The van der Waals surface area contributed by atoms with E-state index in [0.29, 0.717) is 10.5 Å². The summed E-state index contributed by atoms with van der Waals surface area (Å²) >= 11 is 0. The summed E-state index contributed by atoms with van der Waals surface area (Å²) in [5, 5.41) is 0. The molecule has 0 N–H and O–H groups in total. The second-order valence-electron chi connectivity index (χ2n) is 4.85. The fraction of sp³-hybridized carbons (Fsp3) is 0.917. The number of hydrogen-bond acceptors (Lipinski definition) is 1. The lowest BCUT2D eigenvalue weighted by Crippen LogP contribution is -2.38. The van der Waals surface area contributed by atoms with Crippen LogP contribution in [0, 0.1) is 5.92 Å². The van der Waals surface area contributed by atoms with Crippen molar-refractivity contribution in [1.82, 2.24) is 4.90 Å². The quantitative estimate of drug-likeness (QED) is 0.652. The average molecular weight is 215 g/mol. The first kappa shape index (κ1) is 12.3. The topological polar surface area (TPSA) is 3.24 Å². The summed E-state index contributed by atoms with van der Waals surface area (Å²) in [5.74, 6) is 6.41. The fourth-order valence-corrected chi connectivity index (χ4v) is 2.86. The molecule has 1 unspecified atom stereocenters. The van der Waals surface area contributed by atoms with Crippen LogP contribution >= 0.6 is 10.5 Å². The maximum Gasteiger partial charge on any atom is 0.00385 e. The van der Waals surface area contributed by atoms with Crippen molar-refractivity contribution in [2.75, 3.05) is 25.1 Å². The molecule has 0 bridgehead atoms. The molecule has 0 aromatic rings. The molecule has 1 aliphatic rings. The van der Waals surface area contributed by atoms with Gasteiger partial charge in [-0.1, -0.05) is 5.87 Å². The Morgan fingerprint density at radius 3 is 2.36 bits per heavy atom. The molecule has 0 spiro atoms. The first-order valence-corrected chi connectivity index (χ1v) is 7.73. The molecule has 1 atom stereocenters. The summed E-state index contributed by atoms with van der Waals surface area (Å²) in [6, 6.07) is 0.740. The number of hydrogen-bond donors (Lipinski definition) is 0. The maximum absolute atomic E-state index is 4.08. The second-order valence-corrected chi connectivity index (χ2v) is 6.82. The van der Waals surface area contributed by atoms with Crippen molar-refractivity contribution in [2.24, 2.45) is 5.92 Å². The van der Waals surface area contributed by atoms with E-state index in [0.717, 1.165) is 12.0 Å². The van der Waals surface area contributed by atoms with Gasteiger partial charge in [0, 0.05) is 6.04 Å². The molecule has 1 heterocycles. The van der Waals surface area contributed by atoms with Gasteiger partial charge in [-0.2, -0.15) is 10.5 Å². The molecule has 0 amide bonds. The van der Waals surface area contributed by atoms with Crippen LogP contribution in [0.5, 0.6) is 0 Å². The van der Waals surface area contributed by atoms with E-state index in [-0.39, 0.29) is 0 Å². The predicted molar refractivity (Wildman–Crippen MR) is 69.6 cm³/mol. The van der Waals surface area contributed by atoms with Gasteiger partial charge in [-0.25, -0.2) is 0 Å². The Morgan fingerprint density at radius 2 is 1.93 bits per heavy atom. The summed E-state index contributed by atoms with van der Waals surface area (Å²) in [6.07, 6.45) is 6.49. The summed E-state index contributed by atoms with van der Waals surface area (Å²) < 4.78 is 0. The lowest BCUT2D eigenvalue weighted by atomic mass is 9.94. The van der Waals surface area contributed by atoms with Crippen LogP contribution < -0.4 is 0 Å². The number of piperidine rings is 1. The smallest absolute Gasteiger partial charge is 0.00385 e. The Hall–Kier alpha value is 0.180. The first-order valence-electron chi connectivity index (χ1n) is 5.76. The third kappa shape index (κ3) is 4.14. The van der Waals surface area contributed by atoms with Gasteiger partial charge >= 0.3 is 0 Å². The Morgan fingerprint density at radius 1 is 1.36 bits per heavy atom. The minimum absolute atomic E-state index is 0.402. The van der Waals surface area contributed by atoms with Crippen molar-refractivity contribution >= 4 is 16.4 Å². The largest absolute Gasteiger partial charge is 0.301 e. The van der Waals surface area contributed by atoms with Gasteiger partial charge in [0.05, 0.1) is 0 Å². The highest BCUT2D eigenvalue weighted by Gasteiger charge is 2.20. The standard InChI is InChI=1S/C12H25NS/c1-11(2)13-8-5-12(6-9-13)7-10-14(3)4/h11-12H,3,5-10H2,1-2,4H3. The van der Waals surface area contributed by atoms with Crippen molar-refractivity contribution in [3.63, 3.8) is 0 Å². The Kier molecular flexibility index (Phi) is 5.18. The summed E-state index contributed by atoms with van der Waals surface area (Å²) in [7, 11) is 0.402. The van der Waals surface area contributed by atoms with E-state index >= 15 is 0 Å². The maximum atomic E-state index is 4.08. The van der Waals surface area contributed by atoms with Crippen molar-refractivity contribution in [1.29, 1.82) is 0 Å². The zero-order chi connectivity index (χ0) is 10.6. The molecule has 0 saturated carbocycles. The van der Waals surface area contributed by atoms with E-state index in [1.165, 1.54) is 38.1 Å². The third-order valence-electron chi connectivity index (χ3n) is 3.25. The van der Waals surface area contributed by atoms with Gasteiger partial charge in [0.25, 0.3) is 0 Å². The van der Waals surface area contributed by atoms with Crippen molar-refractivity contribution in [2.45, 2.75) is 39.2 Å². The van der Waals surface area contributed by atoms with E-state index in [1.807, 2.05) is 0 Å². The molecule has 1 nitrogen and oxygen atoms in total. The van der Waals surface area contributed by atoms with Gasteiger partial charge in [0.15, 0.2) is 0 Å². The van der Waals surface area contributed by atoms with Crippen molar-refractivity contribution in [3.8, 4) is 0 Å². The van der Waals surface area contributed by atoms with Gasteiger partial charge in [-0.15, -0.1) is 0 Å². The van der Waals surface area contributed by atoms with Crippen molar-refractivity contribution < 1.29 is 0 Å². The Labute approximate surface area is 91.8 Å². The molecule has 84 valence electrons. The summed E-state index contributed by atoms with van der Waals surface area (Å²) in [6.45, 7) is 7.24. The fourth-order valence-electron chi connectivity index (χ4n) is 2.13. The Bertz CT molecular complexity index is 181. The number of nitrogens with zero attached hydrogens (tertiary/aromatic N) is 1. The highest BCUT2D eigenvalue weighted by molar-refractivity contribution is 8.13. The third-order valence-corrected chi connectivity index (χ3v) is 4.19. The molecule has 0 aromatic carbocycles. The molecule has 1 fully saturated rings. The lowest BCUT2D eigenvalue weighted by molar-refractivity contribution is 0.148. The van der Waals surface area contributed by atoms with Crippen LogP contribution in [0.3, 0.4) is 0 Å². The molecule has 1 rings (SSSR count). The van der Waals surface area contributed by atoms with Crippen LogP contribution in [-0.2, 0) is 0 Å². The molecule has 14 heavy (non-hydrogen) atoms. The highest BCUT2D eigenvalue weighted by atomic mass is 32.2. The molecule has 0 aromatic heterocycles. The van der Waals surface area contributed by atoms with Gasteiger partial charge in [0.1, 0.15) is 0 Å². The van der Waals surface area contributed by atoms with Crippen molar-refractivity contribution in [3.05, 3.63) is 0 Å². The highest BCUT2D eigenvalue weighted by Crippen LogP contribution is 2.23. The van der Waals surface area contributed by atoms with Crippen LogP contribution in [-0.4, -0.2) is 41.9 Å². The SMILES string of the molecule is C=S(C)CCC1CCN(C(C)C)CC1. The van der Waals surface area contributed by atoms with Gasteiger partial charge in [0.2, 0.25) is 0 Å². The monoisotopic (exact) mass is 215 g/mol. The van der Waals surface area contributed by atoms with E-state index in [1.54, 1.807) is 0 Å². The lowest BCUT2D eigenvalue weighted by Gasteiger charge is -2.34. The van der Waals surface area contributed by atoms with Gasteiger partial charge < -0.3 is 4.90 Å². The zero-order valence-electron chi connectivity index (χ0n) is 9.96. The molecule has 1 aliphatic heterocycles. The van der Waals surface area contributed by atoms with Crippen LogP contribution in [0.25, 0.3) is 0 Å². The van der Waals surface area contributed by atoms with Gasteiger partial charge in [-0.05, 0) is 64.1 Å². The van der Waals surface area contributed by atoms with E-state index < -0.39 is 0 Å². The van der Waals surface area contributed by atoms with Crippen LogP contribution in [0.4, 0.5) is 0 Å². The normalized spacial score (nSPS) is 22.9. The summed E-state index contributed by atoms with van der Waals surface area (Å²) in [4.78, 5) is 2.60. The van der Waals surface area contributed by atoms with E-state index in [4.69, 9.17) is 0 Å². The summed E-state index contributed by atoms with van der Waals surface area (Å²) in [5.41, 5.74) is 0. The van der Waals surface area contributed by atoms with E-state index in [2.05, 4.69) is 30.9 Å². The van der Waals surface area contributed by atoms with Crippen LogP contribution in [0.1, 0.15) is 33.1 Å².